The quantitative estimate of drug-likeness (QED) is 0.767. The molecule has 0 bridgehead atoms. The number of nitrogens with one attached hydrogen (secondary N) is 1. The molecule has 1 unspecified atom stereocenters. The summed E-state index contributed by atoms with van der Waals surface area (Å²) in [6.07, 6.45) is 4.92. The monoisotopic (exact) mass is 370 g/mol. The number of benzene rings is 1. The summed E-state index contributed by atoms with van der Waals surface area (Å²) < 4.78 is 18.5. The molecule has 4 heteroatoms. The van der Waals surface area contributed by atoms with Crippen molar-refractivity contribution >= 4 is 11.8 Å². The molecule has 0 spiro atoms. The van der Waals surface area contributed by atoms with Gasteiger partial charge in [-0.2, -0.15) is 0 Å². The summed E-state index contributed by atoms with van der Waals surface area (Å²) in [6.45, 7) is 10.8. The zero-order valence-electron chi connectivity index (χ0n) is 17.1. The molecule has 0 amide bonds. The molecule has 2 aromatic rings. The first-order valence-electron chi connectivity index (χ1n) is 9.69. The lowest BCUT2D eigenvalue weighted by molar-refractivity contribution is 0.209. The molecule has 0 aliphatic carbocycles. The maximum absolute atomic E-state index is 13.0. The third-order valence-corrected chi connectivity index (χ3v) is 4.66. The van der Waals surface area contributed by atoms with E-state index in [9.17, 15) is 4.39 Å². The van der Waals surface area contributed by atoms with Crippen molar-refractivity contribution in [2.24, 2.45) is 0 Å². The maximum atomic E-state index is 13.0. The van der Waals surface area contributed by atoms with Crippen LogP contribution in [-0.4, -0.2) is 17.8 Å². The Bertz CT molecular complexity index is 874. The van der Waals surface area contributed by atoms with Crippen LogP contribution in [0.5, 0.6) is 5.75 Å². The summed E-state index contributed by atoms with van der Waals surface area (Å²) in [5.41, 5.74) is 4.64. The highest BCUT2D eigenvalue weighted by Crippen LogP contribution is 2.19. The molecule has 0 saturated heterocycles. The largest absolute Gasteiger partial charge is 0.490 e. The molecule has 1 heterocycles. The molecule has 1 aromatic carbocycles. The number of rotatable bonds is 8. The zero-order chi connectivity index (χ0) is 19.8. The molecule has 2 rings (SSSR count). The summed E-state index contributed by atoms with van der Waals surface area (Å²) in [5.74, 6) is 0.739. The topological polar surface area (TPSA) is 34.2 Å². The third kappa shape index (κ3) is 5.81. The Morgan fingerprint density at radius 2 is 2.07 bits per heavy atom. The van der Waals surface area contributed by atoms with E-state index < -0.39 is 6.17 Å². The van der Waals surface area contributed by atoms with Crippen LogP contribution in [0, 0.1) is 6.92 Å². The summed E-state index contributed by atoms with van der Waals surface area (Å²) in [7, 11) is 0. The Morgan fingerprint density at radius 1 is 1.30 bits per heavy atom. The Kier molecular flexibility index (Phi) is 7.83. The van der Waals surface area contributed by atoms with E-state index in [2.05, 4.69) is 49.4 Å². The summed E-state index contributed by atoms with van der Waals surface area (Å²) >= 11 is 0. The highest BCUT2D eigenvalue weighted by atomic mass is 19.1. The van der Waals surface area contributed by atoms with E-state index >= 15 is 0 Å². The highest BCUT2D eigenvalue weighted by Gasteiger charge is 2.04. The number of aryl methyl sites for hydroxylation is 2. The number of ether oxygens (including phenoxy) is 1. The lowest BCUT2D eigenvalue weighted by atomic mass is 10.1. The molecule has 0 aliphatic heterocycles. The van der Waals surface area contributed by atoms with E-state index in [4.69, 9.17) is 4.74 Å². The molecule has 0 aliphatic rings. The predicted octanol–water partition coefficient (Wildman–Crippen LogP) is 3.80. The van der Waals surface area contributed by atoms with Crippen molar-refractivity contribution in [1.29, 1.82) is 0 Å². The fourth-order valence-electron chi connectivity index (χ4n) is 2.98. The van der Waals surface area contributed by atoms with E-state index in [1.54, 1.807) is 0 Å². The Balaban J connectivity index is 2.20. The smallest absolute Gasteiger partial charge is 0.131 e. The van der Waals surface area contributed by atoms with Crippen LogP contribution in [0.1, 0.15) is 50.9 Å². The minimum atomic E-state index is -0.967. The first kappa shape index (κ1) is 20.9. The second-order valence-electron chi connectivity index (χ2n) is 6.92. The van der Waals surface area contributed by atoms with Gasteiger partial charge in [-0.15, -0.1) is 0 Å². The molecular formula is C23H31FN2O. The van der Waals surface area contributed by atoms with Crippen LogP contribution in [0.2, 0.25) is 0 Å². The van der Waals surface area contributed by atoms with E-state index in [0.717, 1.165) is 35.4 Å². The van der Waals surface area contributed by atoms with Gasteiger partial charge < -0.3 is 10.1 Å². The van der Waals surface area contributed by atoms with Gasteiger partial charge in [0.1, 0.15) is 18.5 Å². The van der Waals surface area contributed by atoms with Crippen LogP contribution >= 0.6 is 0 Å². The average molecular weight is 371 g/mol. The lowest BCUT2D eigenvalue weighted by Crippen LogP contribution is -2.33. The third-order valence-electron chi connectivity index (χ3n) is 4.66. The van der Waals surface area contributed by atoms with E-state index in [0.29, 0.717) is 6.54 Å². The molecule has 27 heavy (non-hydrogen) atoms. The molecule has 1 atom stereocenters. The Hall–Kier alpha value is -2.36. The average Bonchev–Trinajstić information content (AvgIpc) is 2.66. The molecule has 0 fully saturated rings. The maximum Gasteiger partial charge on any atom is 0.131 e. The number of nitrogens with zero attached hydrogens (tertiary/aromatic N) is 1. The van der Waals surface area contributed by atoms with Crippen molar-refractivity contribution in [3.05, 3.63) is 57.7 Å². The number of pyridine rings is 1. The molecule has 1 N–H and O–H groups in total. The number of hydrogen-bond donors (Lipinski definition) is 1. The van der Waals surface area contributed by atoms with Crippen molar-refractivity contribution in [2.75, 3.05) is 6.61 Å². The molecule has 1 aromatic heterocycles. The standard InChI is InChI=1S/C23H31FN2O/c1-6-16(3)20-10-11-26-22(7-2)21(20)14-25-13-19-8-9-23(17(4)12-19)27-15-18(5)24/h8-12,14,18,25H,6-7,13,15H2,1-5H3/b20-16-,21-14+. The number of alkyl halides is 1. The fourth-order valence-corrected chi connectivity index (χ4v) is 2.98. The fraction of sp³-hybridized carbons (Fsp3) is 0.435. The first-order valence-corrected chi connectivity index (χ1v) is 9.69. The van der Waals surface area contributed by atoms with Crippen molar-refractivity contribution < 1.29 is 9.13 Å². The number of hydrogen-bond acceptors (Lipinski definition) is 3. The van der Waals surface area contributed by atoms with Gasteiger partial charge in [-0.25, -0.2) is 4.39 Å². The summed E-state index contributed by atoms with van der Waals surface area (Å²) in [4.78, 5) is 4.53. The van der Waals surface area contributed by atoms with Gasteiger partial charge in [0.25, 0.3) is 0 Å². The van der Waals surface area contributed by atoms with Crippen LogP contribution in [0.15, 0.2) is 30.5 Å². The van der Waals surface area contributed by atoms with Gasteiger partial charge >= 0.3 is 0 Å². The minimum Gasteiger partial charge on any atom is -0.490 e. The van der Waals surface area contributed by atoms with Crippen LogP contribution in [0.25, 0.3) is 11.8 Å². The lowest BCUT2D eigenvalue weighted by Gasteiger charge is -2.11. The molecule has 3 nitrogen and oxygen atoms in total. The molecule has 0 radical (unpaired) electrons. The molecule has 146 valence electrons. The minimum absolute atomic E-state index is 0.0864. The molecular weight excluding hydrogens is 339 g/mol. The van der Waals surface area contributed by atoms with Crippen molar-refractivity contribution in [1.82, 2.24) is 10.3 Å². The van der Waals surface area contributed by atoms with E-state index in [1.165, 1.54) is 22.9 Å². The summed E-state index contributed by atoms with van der Waals surface area (Å²) in [5, 5.41) is 5.87. The van der Waals surface area contributed by atoms with Gasteiger partial charge in [0, 0.05) is 29.9 Å². The second-order valence-corrected chi connectivity index (χ2v) is 6.92. The first-order chi connectivity index (χ1) is 13.0. The van der Waals surface area contributed by atoms with Gasteiger partial charge in [-0.1, -0.05) is 31.6 Å². The van der Waals surface area contributed by atoms with Gasteiger partial charge in [-0.05, 0) is 62.1 Å². The number of halogens is 1. The van der Waals surface area contributed by atoms with E-state index in [-0.39, 0.29) is 6.61 Å². The van der Waals surface area contributed by atoms with E-state index in [1.807, 2.05) is 25.3 Å². The number of aromatic nitrogens is 1. The van der Waals surface area contributed by atoms with Crippen LogP contribution in [-0.2, 0) is 13.0 Å². The van der Waals surface area contributed by atoms with Crippen LogP contribution < -0.4 is 20.5 Å². The highest BCUT2D eigenvalue weighted by molar-refractivity contribution is 5.44. The van der Waals surface area contributed by atoms with Gasteiger partial charge in [0.2, 0.25) is 0 Å². The van der Waals surface area contributed by atoms with Gasteiger partial charge in [0.15, 0.2) is 0 Å². The zero-order valence-corrected chi connectivity index (χ0v) is 17.1. The van der Waals surface area contributed by atoms with Crippen molar-refractivity contribution in [3.63, 3.8) is 0 Å². The van der Waals surface area contributed by atoms with Crippen molar-refractivity contribution in [3.8, 4) is 5.75 Å². The summed E-state index contributed by atoms with van der Waals surface area (Å²) in [6, 6.07) is 8.10. The Morgan fingerprint density at radius 3 is 2.70 bits per heavy atom. The van der Waals surface area contributed by atoms with Crippen molar-refractivity contribution in [2.45, 2.75) is 60.2 Å². The molecule has 0 saturated carbocycles. The van der Waals surface area contributed by atoms with Crippen LogP contribution in [0.4, 0.5) is 4.39 Å². The van der Waals surface area contributed by atoms with Crippen LogP contribution in [0.3, 0.4) is 0 Å². The predicted molar refractivity (Wildman–Crippen MR) is 111 cm³/mol. The van der Waals surface area contributed by atoms with Gasteiger partial charge in [-0.3, -0.25) is 4.98 Å². The SMILES string of the molecule is CC/C(C)=c1/ccnc(CC)/c1=C/NCc1ccc(OCC(C)F)c(C)c1. The second kappa shape index (κ2) is 10.1. The Labute approximate surface area is 162 Å². The normalized spacial score (nSPS) is 14.1. The van der Waals surface area contributed by atoms with Gasteiger partial charge in [0.05, 0.1) is 0 Å².